The van der Waals surface area contributed by atoms with Crippen LogP contribution in [-0.4, -0.2) is 11.9 Å². The summed E-state index contributed by atoms with van der Waals surface area (Å²) in [5.41, 5.74) is 8.42. The van der Waals surface area contributed by atoms with Gasteiger partial charge in [0.25, 0.3) is 0 Å². The third-order valence-electron chi connectivity index (χ3n) is 3.56. The molecular weight excluding hydrogens is 336 g/mol. The van der Waals surface area contributed by atoms with Crippen molar-refractivity contribution in [1.82, 2.24) is 0 Å². The highest BCUT2D eigenvalue weighted by molar-refractivity contribution is 5.75. The van der Waals surface area contributed by atoms with Crippen molar-refractivity contribution < 1.29 is 9.53 Å². The summed E-state index contributed by atoms with van der Waals surface area (Å²) in [6.07, 6.45) is 5.32. The van der Waals surface area contributed by atoms with Gasteiger partial charge in [-0.05, 0) is 56.9 Å². The Morgan fingerprint density at radius 2 is 1.70 bits per heavy atom. The second-order valence-electron chi connectivity index (χ2n) is 7.69. The lowest BCUT2D eigenvalue weighted by molar-refractivity contribution is -0.105. The van der Waals surface area contributed by atoms with E-state index in [9.17, 15) is 4.79 Å². The number of hydrogen-bond acceptors (Lipinski definition) is 3. The van der Waals surface area contributed by atoms with Gasteiger partial charge in [-0.1, -0.05) is 56.2 Å². The van der Waals surface area contributed by atoms with Gasteiger partial charge >= 0.3 is 0 Å². The quantitative estimate of drug-likeness (QED) is 0.464. The van der Waals surface area contributed by atoms with Gasteiger partial charge in [-0.2, -0.15) is 0 Å². The van der Waals surface area contributed by atoms with Crippen LogP contribution in [0.1, 0.15) is 58.1 Å². The van der Waals surface area contributed by atoms with E-state index >= 15 is 0 Å². The second kappa shape index (κ2) is 12.1. The lowest BCUT2D eigenvalue weighted by atomic mass is 10.1. The topological polar surface area (TPSA) is 64.3 Å². The largest absolute Gasteiger partial charge is 0.487 e. The number of anilines is 1. The van der Waals surface area contributed by atoms with Gasteiger partial charge in [0.15, 0.2) is 0 Å². The molecule has 0 spiro atoms. The first-order chi connectivity index (χ1) is 12.8. The summed E-state index contributed by atoms with van der Waals surface area (Å²) in [5, 5.41) is 2.74. The van der Waals surface area contributed by atoms with Gasteiger partial charge in [0.05, 0.1) is 5.69 Å². The van der Waals surface area contributed by atoms with E-state index in [4.69, 9.17) is 10.5 Å². The summed E-state index contributed by atoms with van der Waals surface area (Å²) >= 11 is 0. The van der Waals surface area contributed by atoms with Crippen LogP contribution >= 0.6 is 0 Å². The molecule has 0 saturated carbocycles. The highest BCUT2D eigenvalue weighted by atomic mass is 16.5. The molecule has 0 aliphatic carbocycles. The number of aryl methyl sites for hydroxylation is 1. The summed E-state index contributed by atoms with van der Waals surface area (Å²) < 4.78 is 5.83. The molecule has 4 heteroatoms. The summed E-state index contributed by atoms with van der Waals surface area (Å²) in [6, 6.07) is 16.0. The monoisotopic (exact) mass is 370 g/mol. The summed E-state index contributed by atoms with van der Waals surface area (Å²) in [5.74, 6) is 0.704. The van der Waals surface area contributed by atoms with Crippen molar-refractivity contribution >= 4 is 12.1 Å². The minimum absolute atomic E-state index is 0. The Balaban J connectivity index is 0.000000646. The van der Waals surface area contributed by atoms with Crippen LogP contribution in [0.2, 0.25) is 0 Å². The van der Waals surface area contributed by atoms with E-state index in [2.05, 4.69) is 18.3 Å². The zero-order valence-electron chi connectivity index (χ0n) is 17.1. The van der Waals surface area contributed by atoms with Gasteiger partial charge in [-0.25, -0.2) is 0 Å². The molecule has 0 unspecified atom stereocenters. The average Bonchev–Trinajstić information content (AvgIpc) is 2.61. The normalized spacial score (nSPS) is 10.6. The molecule has 0 aliphatic rings. The van der Waals surface area contributed by atoms with Crippen molar-refractivity contribution in [2.45, 2.75) is 65.5 Å². The Labute approximate surface area is 164 Å². The van der Waals surface area contributed by atoms with Crippen molar-refractivity contribution in [3.8, 4) is 5.75 Å². The van der Waals surface area contributed by atoms with Gasteiger partial charge < -0.3 is 15.8 Å². The highest BCUT2D eigenvalue weighted by Gasteiger charge is 2.05. The number of unbranched alkanes of at least 4 members (excludes halogenated alkanes) is 2. The van der Waals surface area contributed by atoms with E-state index in [0.29, 0.717) is 18.8 Å². The zero-order valence-corrected chi connectivity index (χ0v) is 17.1. The van der Waals surface area contributed by atoms with Crippen LogP contribution in [0.4, 0.5) is 5.69 Å². The Kier molecular flexibility index (Phi) is 10.2. The molecule has 0 aromatic heterocycles. The lowest BCUT2D eigenvalue weighted by Gasteiger charge is -2.12. The van der Waals surface area contributed by atoms with E-state index in [1.54, 1.807) is 0 Å². The Morgan fingerprint density at radius 3 is 2.30 bits per heavy atom. The number of nitrogens with one attached hydrogen (secondary N) is 1. The lowest BCUT2D eigenvalue weighted by Crippen LogP contribution is -2.26. The molecule has 0 fully saturated rings. The van der Waals surface area contributed by atoms with E-state index in [0.717, 1.165) is 17.7 Å². The van der Waals surface area contributed by atoms with Crippen LogP contribution in [0.15, 0.2) is 48.5 Å². The fourth-order valence-corrected chi connectivity index (χ4v) is 2.35. The minimum Gasteiger partial charge on any atom is -0.487 e. The number of ether oxygens (including phenoxy) is 1. The van der Waals surface area contributed by atoms with Crippen LogP contribution < -0.4 is 15.8 Å². The fourth-order valence-electron chi connectivity index (χ4n) is 2.35. The second-order valence-corrected chi connectivity index (χ2v) is 7.69. The van der Waals surface area contributed by atoms with Gasteiger partial charge in [0.2, 0.25) is 6.41 Å². The number of amides is 1. The smallest absolute Gasteiger partial charge is 0.211 e. The van der Waals surface area contributed by atoms with Crippen LogP contribution in [0.25, 0.3) is 0 Å². The number of hydrogen-bond donors (Lipinski definition) is 2. The van der Waals surface area contributed by atoms with Gasteiger partial charge in [0.1, 0.15) is 12.4 Å². The fraction of sp³-hybridized carbons (Fsp3) is 0.435. The van der Waals surface area contributed by atoms with Gasteiger partial charge in [-0.15, -0.1) is 0 Å². The Morgan fingerprint density at radius 1 is 1.04 bits per heavy atom. The summed E-state index contributed by atoms with van der Waals surface area (Å²) in [4.78, 5) is 10.8. The molecule has 27 heavy (non-hydrogen) atoms. The van der Waals surface area contributed by atoms with E-state index < -0.39 is 0 Å². The molecular formula is C23H34N2O2. The highest BCUT2D eigenvalue weighted by Crippen LogP contribution is 2.27. The number of carbonyl (C=O) groups excluding carboxylic acids is 1. The van der Waals surface area contributed by atoms with E-state index in [1.165, 1.54) is 24.8 Å². The Bertz CT molecular complexity index is 658. The van der Waals surface area contributed by atoms with Crippen LogP contribution in [0.3, 0.4) is 0 Å². The van der Waals surface area contributed by atoms with Crippen LogP contribution in [-0.2, 0) is 17.8 Å². The molecule has 0 heterocycles. The maximum Gasteiger partial charge on any atom is 0.211 e. The summed E-state index contributed by atoms with van der Waals surface area (Å²) in [6.45, 7) is 8.58. The maximum atomic E-state index is 10.8. The predicted octanol–water partition coefficient (Wildman–Crippen LogP) is 5.31. The van der Waals surface area contributed by atoms with Crippen molar-refractivity contribution in [2.24, 2.45) is 5.73 Å². The molecule has 2 rings (SSSR count). The maximum absolute atomic E-state index is 10.8. The number of carbonyl (C=O) groups is 1. The number of nitrogens with two attached hydrogens (primary N) is 1. The molecule has 0 atom stereocenters. The summed E-state index contributed by atoms with van der Waals surface area (Å²) in [7, 11) is 0. The molecule has 0 bridgehead atoms. The molecule has 0 aliphatic heterocycles. The third kappa shape index (κ3) is 11.1. The van der Waals surface area contributed by atoms with Crippen molar-refractivity contribution in [3.63, 3.8) is 0 Å². The Hall–Kier alpha value is -2.33. The van der Waals surface area contributed by atoms with Gasteiger partial charge in [-0.3, -0.25) is 4.79 Å². The van der Waals surface area contributed by atoms with Crippen molar-refractivity contribution in [1.29, 1.82) is 0 Å². The first-order valence-corrected chi connectivity index (χ1v) is 9.62. The molecule has 3 N–H and O–H groups in total. The average molecular weight is 371 g/mol. The first kappa shape index (κ1) is 22.7. The van der Waals surface area contributed by atoms with E-state index in [-0.39, 0.29) is 5.54 Å². The van der Waals surface area contributed by atoms with Gasteiger partial charge in [0, 0.05) is 5.54 Å². The van der Waals surface area contributed by atoms with Crippen molar-refractivity contribution in [2.75, 3.05) is 5.32 Å². The molecule has 0 saturated heterocycles. The SMILES string of the molecule is CC(C)(C)N.CCCCCc1ccc(OCc2ccccc2)c(NC=O)c1. The molecule has 2 aromatic carbocycles. The number of benzene rings is 2. The predicted molar refractivity (Wildman–Crippen MR) is 114 cm³/mol. The van der Waals surface area contributed by atoms with Crippen LogP contribution in [0.5, 0.6) is 5.75 Å². The zero-order chi connectivity index (χ0) is 20.1. The van der Waals surface area contributed by atoms with Crippen molar-refractivity contribution in [3.05, 3.63) is 59.7 Å². The van der Waals surface area contributed by atoms with Crippen LogP contribution in [0, 0.1) is 0 Å². The van der Waals surface area contributed by atoms with E-state index in [1.807, 2.05) is 63.2 Å². The minimum atomic E-state index is 0. The molecule has 4 nitrogen and oxygen atoms in total. The first-order valence-electron chi connectivity index (χ1n) is 9.62. The standard InChI is InChI=1S/C19H23NO2.C4H11N/c1-2-3-5-8-16-11-12-19(18(13-16)20-15-21)22-14-17-9-6-4-7-10-17;1-4(2,3)5/h4,6-7,9-13,15H,2-3,5,8,14H2,1H3,(H,20,21);5H2,1-3H3. The molecule has 0 radical (unpaired) electrons. The molecule has 1 amide bonds. The third-order valence-corrected chi connectivity index (χ3v) is 3.56. The molecule has 2 aromatic rings. The molecule has 148 valence electrons. The number of rotatable bonds is 9.